The number of rotatable bonds is 10. The maximum atomic E-state index is 5.80. The van der Waals surface area contributed by atoms with E-state index in [0.29, 0.717) is 11.8 Å². The second kappa shape index (κ2) is 12.0. The van der Waals surface area contributed by atoms with Crippen molar-refractivity contribution in [3.63, 3.8) is 0 Å². The SMILES string of the molecule is C=C(CN(C)CCC)NCC/C=C1\CC/C(=C\C/C=C(/N)Cl)CO1. The molecule has 1 heterocycles. The van der Waals surface area contributed by atoms with Crippen molar-refractivity contribution in [2.45, 2.75) is 39.0 Å². The molecule has 0 unspecified atom stereocenters. The molecule has 1 aliphatic heterocycles. The highest BCUT2D eigenvalue weighted by atomic mass is 35.5. The zero-order valence-corrected chi connectivity index (χ0v) is 15.9. The molecule has 0 saturated carbocycles. The van der Waals surface area contributed by atoms with Crippen molar-refractivity contribution in [2.24, 2.45) is 5.73 Å². The summed E-state index contributed by atoms with van der Waals surface area (Å²) in [6.45, 7) is 9.83. The lowest BCUT2D eigenvalue weighted by Crippen LogP contribution is -2.27. The lowest BCUT2D eigenvalue weighted by molar-refractivity contribution is 0.202. The maximum absolute atomic E-state index is 5.80. The van der Waals surface area contributed by atoms with Crippen LogP contribution in [0.3, 0.4) is 0 Å². The molecular weight excluding hydrogens is 322 g/mol. The summed E-state index contributed by atoms with van der Waals surface area (Å²) >= 11 is 5.61. The molecule has 0 aromatic rings. The summed E-state index contributed by atoms with van der Waals surface area (Å²) in [5.41, 5.74) is 7.79. The van der Waals surface area contributed by atoms with Gasteiger partial charge < -0.3 is 20.7 Å². The van der Waals surface area contributed by atoms with Crippen LogP contribution in [0.2, 0.25) is 0 Å². The first-order chi connectivity index (χ1) is 11.5. The first kappa shape index (κ1) is 20.7. The number of nitrogens with one attached hydrogen (secondary N) is 1. The van der Waals surface area contributed by atoms with Gasteiger partial charge in [-0.05, 0) is 57.0 Å². The van der Waals surface area contributed by atoms with Crippen LogP contribution in [-0.4, -0.2) is 38.2 Å². The van der Waals surface area contributed by atoms with Crippen LogP contribution in [0.1, 0.15) is 39.0 Å². The van der Waals surface area contributed by atoms with Gasteiger partial charge in [0.25, 0.3) is 0 Å². The fraction of sp³-hybridized carbons (Fsp3) is 0.579. The Morgan fingerprint density at radius 1 is 1.42 bits per heavy atom. The summed E-state index contributed by atoms with van der Waals surface area (Å²) in [4.78, 5) is 2.28. The lowest BCUT2D eigenvalue weighted by atomic mass is 10.1. The molecule has 0 atom stereocenters. The average Bonchev–Trinajstić information content (AvgIpc) is 2.53. The van der Waals surface area contributed by atoms with Crippen molar-refractivity contribution in [1.82, 2.24) is 10.2 Å². The third kappa shape index (κ3) is 9.68. The Hall–Kier alpha value is -1.39. The van der Waals surface area contributed by atoms with Crippen LogP contribution in [0.15, 0.2) is 47.0 Å². The highest BCUT2D eigenvalue weighted by Crippen LogP contribution is 2.21. The van der Waals surface area contributed by atoms with Crippen molar-refractivity contribution < 1.29 is 4.74 Å². The van der Waals surface area contributed by atoms with E-state index in [0.717, 1.165) is 56.8 Å². The smallest absolute Gasteiger partial charge is 0.109 e. The quantitative estimate of drug-likeness (QED) is 0.355. The number of halogens is 1. The van der Waals surface area contributed by atoms with E-state index in [1.165, 1.54) is 12.0 Å². The minimum atomic E-state index is 0.346. The Morgan fingerprint density at radius 3 is 2.83 bits per heavy atom. The van der Waals surface area contributed by atoms with Gasteiger partial charge in [0.1, 0.15) is 6.61 Å². The van der Waals surface area contributed by atoms with E-state index in [1.54, 1.807) is 6.08 Å². The van der Waals surface area contributed by atoms with E-state index in [2.05, 4.69) is 42.9 Å². The van der Waals surface area contributed by atoms with Gasteiger partial charge in [0.15, 0.2) is 0 Å². The summed E-state index contributed by atoms with van der Waals surface area (Å²) in [5.74, 6) is 1.09. The van der Waals surface area contributed by atoms with E-state index in [1.807, 2.05) is 0 Å². The van der Waals surface area contributed by atoms with E-state index in [9.17, 15) is 0 Å². The van der Waals surface area contributed by atoms with Crippen molar-refractivity contribution in [3.8, 4) is 0 Å². The molecule has 0 aromatic heterocycles. The van der Waals surface area contributed by atoms with Crippen molar-refractivity contribution in [3.05, 3.63) is 47.0 Å². The number of nitrogens with zero attached hydrogens (tertiary/aromatic N) is 1. The number of ether oxygens (including phenoxy) is 1. The third-order valence-electron chi connectivity index (χ3n) is 3.81. The Morgan fingerprint density at radius 2 is 2.21 bits per heavy atom. The predicted molar refractivity (Wildman–Crippen MR) is 104 cm³/mol. The summed E-state index contributed by atoms with van der Waals surface area (Å²) in [6.07, 6.45) is 11.0. The number of allylic oxidation sites excluding steroid dienone is 3. The molecule has 0 spiro atoms. The molecule has 136 valence electrons. The van der Waals surface area contributed by atoms with Crippen molar-refractivity contribution in [1.29, 1.82) is 0 Å². The van der Waals surface area contributed by atoms with Crippen LogP contribution in [0.4, 0.5) is 0 Å². The molecule has 0 aliphatic carbocycles. The summed E-state index contributed by atoms with van der Waals surface area (Å²) in [5, 5.41) is 3.73. The third-order valence-corrected chi connectivity index (χ3v) is 3.97. The van der Waals surface area contributed by atoms with Crippen LogP contribution in [-0.2, 0) is 4.74 Å². The first-order valence-corrected chi connectivity index (χ1v) is 9.10. The first-order valence-electron chi connectivity index (χ1n) is 8.72. The van der Waals surface area contributed by atoms with Gasteiger partial charge in [-0.15, -0.1) is 0 Å². The monoisotopic (exact) mass is 353 g/mol. The minimum absolute atomic E-state index is 0.346. The Kier molecular flexibility index (Phi) is 10.4. The molecule has 1 saturated heterocycles. The second-order valence-corrected chi connectivity index (χ2v) is 6.64. The van der Waals surface area contributed by atoms with Crippen LogP contribution in [0.25, 0.3) is 0 Å². The van der Waals surface area contributed by atoms with Gasteiger partial charge in [0, 0.05) is 25.2 Å². The minimum Gasteiger partial charge on any atom is -0.494 e. The zero-order valence-electron chi connectivity index (χ0n) is 15.1. The number of likely N-dealkylation sites (N-methyl/N-ethyl adjacent to an activating group) is 1. The van der Waals surface area contributed by atoms with E-state index < -0.39 is 0 Å². The van der Waals surface area contributed by atoms with Gasteiger partial charge in [0.2, 0.25) is 0 Å². The highest BCUT2D eigenvalue weighted by Gasteiger charge is 2.10. The zero-order chi connectivity index (χ0) is 17.8. The molecule has 5 heteroatoms. The molecule has 1 aliphatic rings. The normalized spacial score (nSPS) is 18.9. The van der Waals surface area contributed by atoms with Gasteiger partial charge in [-0.25, -0.2) is 0 Å². The summed E-state index contributed by atoms with van der Waals surface area (Å²) < 4.78 is 5.80. The topological polar surface area (TPSA) is 50.5 Å². The number of nitrogens with two attached hydrogens (primary N) is 1. The number of hydrogen-bond donors (Lipinski definition) is 2. The van der Waals surface area contributed by atoms with Crippen LogP contribution < -0.4 is 11.1 Å². The second-order valence-electron chi connectivity index (χ2n) is 6.20. The molecule has 4 nitrogen and oxygen atoms in total. The Labute approximate surface area is 152 Å². The maximum Gasteiger partial charge on any atom is 0.109 e. The molecule has 24 heavy (non-hydrogen) atoms. The van der Waals surface area contributed by atoms with Gasteiger partial charge in [-0.2, -0.15) is 0 Å². The van der Waals surface area contributed by atoms with Crippen LogP contribution in [0.5, 0.6) is 0 Å². The molecule has 0 aromatic carbocycles. The fourth-order valence-electron chi connectivity index (χ4n) is 2.60. The highest BCUT2D eigenvalue weighted by molar-refractivity contribution is 6.28. The molecule has 0 bridgehead atoms. The van der Waals surface area contributed by atoms with Gasteiger partial charge in [-0.3, -0.25) is 0 Å². The Bertz CT molecular complexity index is 467. The molecule has 0 amide bonds. The van der Waals surface area contributed by atoms with Gasteiger partial charge >= 0.3 is 0 Å². The summed E-state index contributed by atoms with van der Waals surface area (Å²) in [7, 11) is 2.12. The van der Waals surface area contributed by atoms with Crippen molar-refractivity contribution in [2.75, 3.05) is 33.3 Å². The molecule has 0 radical (unpaired) electrons. The molecule has 3 N–H and O–H groups in total. The average molecular weight is 354 g/mol. The van der Waals surface area contributed by atoms with E-state index in [4.69, 9.17) is 22.1 Å². The molecule has 1 fully saturated rings. The van der Waals surface area contributed by atoms with Crippen LogP contribution >= 0.6 is 11.6 Å². The predicted octanol–water partition coefficient (Wildman–Crippen LogP) is 3.87. The molecule has 1 rings (SSSR count). The largest absolute Gasteiger partial charge is 0.494 e. The van der Waals surface area contributed by atoms with E-state index in [-0.39, 0.29) is 0 Å². The Balaban J connectivity index is 2.19. The van der Waals surface area contributed by atoms with Gasteiger partial charge in [-0.1, -0.05) is 31.2 Å². The molecular formula is C19H32ClN3O. The van der Waals surface area contributed by atoms with Gasteiger partial charge in [0.05, 0.1) is 10.9 Å². The fourth-order valence-corrected chi connectivity index (χ4v) is 2.69. The standard InChI is InChI=1S/C19H32ClN3O/c1-4-13-23(3)14-16(2)22-12-6-8-18-11-10-17(15-24-18)7-5-9-19(20)21/h7-9,22H,2,4-6,10-15,21H2,1,3H3/b17-7+,18-8+,19-9+. The summed E-state index contributed by atoms with van der Waals surface area (Å²) in [6, 6.07) is 0. The lowest BCUT2D eigenvalue weighted by Gasteiger charge is -2.20. The number of hydrogen-bond acceptors (Lipinski definition) is 4. The van der Waals surface area contributed by atoms with E-state index >= 15 is 0 Å². The van der Waals surface area contributed by atoms with Crippen LogP contribution in [0, 0.1) is 0 Å². The van der Waals surface area contributed by atoms with Crippen molar-refractivity contribution >= 4 is 11.6 Å².